The molecule has 0 saturated heterocycles. The molecule has 2 fully saturated rings. The third-order valence-corrected chi connectivity index (χ3v) is 10.7. The van der Waals surface area contributed by atoms with E-state index in [2.05, 4.69) is 43.6 Å². The van der Waals surface area contributed by atoms with Gasteiger partial charge in [0.15, 0.2) is 0 Å². The molecule has 5 rings (SSSR count). The molecule has 2 heterocycles. The van der Waals surface area contributed by atoms with E-state index in [9.17, 15) is 4.79 Å². The summed E-state index contributed by atoms with van der Waals surface area (Å²) >= 11 is 4.00. The highest BCUT2D eigenvalue weighted by Gasteiger charge is 2.62. The molecule has 2 aliphatic carbocycles. The molecule has 0 spiro atoms. The first-order valence-electron chi connectivity index (χ1n) is 11.7. The van der Waals surface area contributed by atoms with Gasteiger partial charge in [-0.1, -0.05) is 36.7 Å². The summed E-state index contributed by atoms with van der Waals surface area (Å²) in [5, 5.41) is 0. The van der Waals surface area contributed by atoms with Crippen molar-refractivity contribution in [1.82, 2.24) is 0 Å². The van der Waals surface area contributed by atoms with Crippen molar-refractivity contribution in [2.45, 2.75) is 96.8 Å². The van der Waals surface area contributed by atoms with Crippen LogP contribution in [0.15, 0.2) is 6.07 Å². The van der Waals surface area contributed by atoms with Gasteiger partial charge in [0.1, 0.15) is 22.7 Å². The maximum atomic E-state index is 12.8. The number of fused-ring (bicyclic) bond motifs is 6. The van der Waals surface area contributed by atoms with E-state index in [0.717, 1.165) is 29.7 Å². The molecule has 5 atom stereocenters. The molecule has 0 radical (unpaired) electrons. The first-order chi connectivity index (χ1) is 14.3. The van der Waals surface area contributed by atoms with Gasteiger partial charge in [0.2, 0.25) is 5.79 Å². The summed E-state index contributed by atoms with van der Waals surface area (Å²) in [6, 6.07) is 2.02. The lowest BCUT2D eigenvalue weighted by atomic mass is 9.44. The van der Waals surface area contributed by atoms with Crippen molar-refractivity contribution in [2.24, 2.45) is 22.7 Å². The van der Waals surface area contributed by atoms with Crippen molar-refractivity contribution < 1.29 is 19.0 Å². The van der Waals surface area contributed by atoms with E-state index in [1.165, 1.54) is 19.3 Å². The molecule has 4 nitrogen and oxygen atoms in total. The van der Waals surface area contributed by atoms with Gasteiger partial charge in [-0.3, -0.25) is 0 Å². The Morgan fingerprint density at radius 3 is 2.39 bits per heavy atom. The maximum absolute atomic E-state index is 12.8. The number of ether oxygens (including phenoxy) is 3. The Hall–Kier alpha value is -1.23. The molecule has 0 unspecified atom stereocenters. The fraction of sp³-hybridized carbons (Fsp3) is 0.731. The van der Waals surface area contributed by atoms with Crippen LogP contribution in [0.4, 0.5) is 0 Å². The standard InChI is InChI=1S/C26H35BrO4/c1-14-12-16-15(21-20(14)22(28)31-24(4,5)30-21)13-18-25(6)10-9-19(27)23(2,3)17(25)8-11-26(18,7)29-16/h12,17-19H,8-11,13H2,1-7H3/t17-,18+,19-,25-,26+/m0/s1. The summed E-state index contributed by atoms with van der Waals surface area (Å²) in [6.45, 7) is 15.2. The second-order valence-electron chi connectivity index (χ2n) is 11.9. The summed E-state index contributed by atoms with van der Waals surface area (Å²) in [4.78, 5) is 13.4. The van der Waals surface area contributed by atoms with Crippen LogP contribution in [-0.4, -0.2) is 22.2 Å². The van der Waals surface area contributed by atoms with Gasteiger partial charge in [-0.25, -0.2) is 4.79 Å². The molecular formula is C26H35BrO4. The summed E-state index contributed by atoms with van der Waals surface area (Å²) in [6.07, 6.45) is 5.51. The number of carbonyl (C=O) groups excluding carboxylic acids is 1. The third-order valence-electron chi connectivity index (χ3n) is 9.08. The molecule has 0 N–H and O–H groups in total. The van der Waals surface area contributed by atoms with Crippen LogP contribution in [0.5, 0.6) is 11.5 Å². The highest BCUT2D eigenvalue weighted by atomic mass is 79.9. The fourth-order valence-corrected chi connectivity index (χ4v) is 8.04. The second kappa shape index (κ2) is 6.42. The number of alkyl halides is 1. The number of halogens is 1. The van der Waals surface area contributed by atoms with E-state index in [4.69, 9.17) is 14.2 Å². The molecule has 2 aliphatic heterocycles. The molecule has 5 heteroatoms. The smallest absolute Gasteiger partial charge is 0.345 e. The van der Waals surface area contributed by atoms with Gasteiger partial charge < -0.3 is 14.2 Å². The summed E-state index contributed by atoms with van der Waals surface area (Å²) in [5.41, 5.74) is 2.70. The van der Waals surface area contributed by atoms with Crippen molar-refractivity contribution in [3.8, 4) is 11.5 Å². The van der Waals surface area contributed by atoms with E-state index in [1.807, 2.05) is 13.0 Å². The minimum Gasteiger partial charge on any atom is -0.487 e. The molecule has 0 amide bonds. The van der Waals surface area contributed by atoms with Gasteiger partial charge in [0.25, 0.3) is 0 Å². The highest BCUT2D eigenvalue weighted by molar-refractivity contribution is 9.09. The van der Waals surface area contributed by atoms with Crippen LogP contribution in [-0.2, 0) is 11.2 Å². The van der Waals surface area contributed by atoms with Crippen LogP contribution >= 0.6 is 15.9 Å². The zero-order chi connectivity index (χ0) is 22.6. The molecule has 31 heavy (non-hydrogen) atoms. The van der Waals surface area contributed by atoms with Crippen LogP contribution in [0.3, 0.4) is 0 Å². The predicted octanol–water partition coefficient (Wildman–Crippen LogP) is 6.59. The normalized spacial score (nSPS) is 39.6. The van der Waals surface area contributed by atoms with Crippen molar-refractivity contribution in [1.29, 1.82) is 0 Å². The predicted molar refractivity (Wildman–Crippen MR) is 124 cm³/mol. The summed E-state index contributed by atoms with van der Waals surface area (Å²) in [7, 11) is 0. The number of rotatable bonds is 0. The highest BCUT2D eigenvalue weighted by Crippen LogP contribution is 2.66. The second-order valence-corrected chi connectivity index (χ2v) is 13.0. The fourth-order valence-electron chi connectivity index (χ4n) is 7.49. The van der Waals surface area contributed by atoms with Gasteiger partial charge in [-0.15, -0.1) is 0 Å². The van der Waals surface area contributed by atoms with E-state index in [0.29, 0.717) is 28.0 Å². The Labute approximate surface area is 194 Å². The van der Waals surface area contributed by atoms with E-state index < -0.39 is 5.79 Å². The lowest BCUT2D eigenvalue weighted by molar-refractivity contribution is -0.162. The summed E-state index contributed by atoms with van der Waals surface area (Å²) < 4.78 is 18.7. The monoisotopic (exact) mass is 490 g/mol. The SMILES string of the molecule is Cc1cc2c(c3c1C(=O)OC(C)(C)O3)C[C@@H]1[C@@]3(C)CC[C@H](Br)C(C)(C)[C@@H]3CC[C@@]1(C)O2. The minimum atomic E-state index is -0.971. The van der Waals surface area contributed by atoms with Gasteiger partial charge in [0, 0.05) is 30.2 Å². The Kier molecular flexibility index (Phi) is 4.48. The van der Waals surface area contributed by atoms with Crippen molar-refractivity contribution in [3.63, 3.8) is 0 Å². The van der Waals surface area contributed by atoms with Crippen molar-refractivity contribution >= 4 is 21.9 Å². The number of esters is 1. The van der Waals surface area contributed by atoms with Crippen LogP contribution < -0.4 is 9.47 Å². The Morgan fingerprint density at radius 2 is 1.68 bits per heavy atom. The first-order valence-corrected chi connectivity index (χ1v) is 12.6. The number of hydrogen-bond acceptors (Lipinski definition) is 4. The molecule has 1 aromatic rings. The maximum Gasteiger partial charge on any atom is 0.345 e. The Balaban J connectivity index is 1.64. The number of hydrogen-bond donors (Lipinski definition) is 0. The van der Waals surface area contributed by atoms with E-state index >= 15 is 0 Å². The van der Waals surface area contributed by atoms with Crippen LogP contribution in [0, 0.1) is 29.6 Å². The van der Waals surface area contributed by atoms with Gasteiger partial charge >= 0.3 is 5.97 Å². The van der Waals surface area contributed by atoms with Crippen LogP contribution in [0.25, 0.3) is 0 Å². The molecule has 2 saturated carbocycles. The quantitative estimate of drug-likeness (QED) is 0.303. The Morgan fingerprint density at radius 1 is 0.968 bits per heavy atom. The topological polar surface area (TPSA) is 44.8 Å². The number of carbonyl (C=O) groups is 1. The lowest BCUT2D eigenvalue weighted by Crippen LogP contribution is -2.63. The minimum absolute atomic E-state index is 0.181. The number of aryl methyl sites for hydroxylation is 1. The number of benzene rings is 1. The third kappa shape index (κ3) is 2.94. The van der Waals surface area contributed by atoms with Gasteiger partial charge in [0.05, 0.1) is 0 Å². The van der Waals surface area contributed by atoms with Crippen molar-refractivity contribution in [3.05, 3.63) is 22.8 Å². The van der Waals surface area contributed by atoms with Crippen LogP contribution in [0.1, 0.15) is 88.7 Å². The number of cyclic esters (lactones) is 1. The largest absolute Gasteiger partial charge is 0.487 e. The summed E-state index contributed by atoms with van der Waals surface area (Å²) in [5.74, 6) is 1.30. The Bertz CT molecular complexity index is 967. The average molecular weight is 491 g/mol. The van der Waals surface area contributed by atoms with Gasteiger partial charge in [-0.05, 0) is 74.3 Å². The van der Waals surface area contributed by atoms with E-state index in [1.54, 1.807) is 13.8 Å². The van der Waals surface area contributed by atoms with Gasteiger partial charge in [-0.2, -0.15) is 0 Å². The average Bonchev–Trinajstić information content (AvgIpc) is 2.62. The van der Waals surface area contributed by atoms with E-state index in [-0.39, 0.29) is 22.4 Å². The lowest BCUT2D eigenvalue weighted by Gasteiger charge is -2.64. The first kappa shape index (κ1) is 21.6. The molecule has 1 aromatic carbocycles. The zero-order valence-electron chi connectivity index (χ0n) is 19.9. The molecule has 170 valence electrons. The molecule has 4 aliphatic rings. The zero-order valence-corrected chi connectivity index (χ0v) is 21.4. The molecule has 0 aromatic heterocycles. The van der Waals surface area contributed by atoms with Crippen molar-refractivity contribution in [2.75, 3.05) is 0 Å². The molecular weight excluding hydrogens is 456 g/mol. The van der Waals surface area contributed by atoms with Crippen LogP contribution in [0.2, 0.25) is 0 Å². The molecule has 0 bridgehead atoms.